The summed E-state index contributed by atoms with van der Waals surface area (Å²) in [6, 6.07) is 6.39. The molecule has 1 aromatic carbocycles. The fourth-order valence-corrected chi connectivity index (χ4v) is 4.34. The van der Waals surface area contributed by atoms with Crippen molar-refractivity contribution in [2.24, 2.45) is 5.92 Å². The van der Waals surface area contributed by atoms with Crippen molar-refractivity contribution < 1.29 is 14.2 Å². The number of hydrogen-bond acceptors (Lipinski definition) is 3. The van der Waals surface area contributed by atoms with Gasteiger partial charge in [-0.1, -0.05) is 25.1 Å². The Morgan fingerprint density at radius 2 is 2.05 bits per heavy atom. The van der Waals surface area contributed by atoms with Gasteiger partial charge in [0.2, 0.25) is 0 Å². The molecular formula is C18H22O3. The van der Waals surface area contributed by atoms with Crippen molar-refractivity contribution in [2.45, 2.75) is 37.4 Å². The van der Waals surface area contributed by atoms with Crippen molar-refractivity contribution in [2.75, 3.05) is 20.3 Å². The summed E-state index contributed by atoms with van der Waals surface area (Å²) in [5.74, 6) is 1.11. The van der Waals surface area contributed by atoms with E-state index in [1.54, 1.807) is 7.11 Å². The van der Waals surface area contributed by atoms with Crippen LogP contribution in [0.5, 0.6) is 5.75 Å². The van der Waals surface area contributed by atoms with Gasteiger partial charge in [0, 0.05) is 18.3 Å². The van der Waals surface area contributed by atoms with E-state index in [0.29, 0.717) is 5.92 Å². The fourth-order valence-electron chi connectivity index (χ4n) is 4.34. The van der Waals surface area contributed by atoms with Gasteiger partial charge >= 0.3 is 0 Å². The lowest BCUT2D eigenvalue weighted by Gasteiger charge is -2.49. The normalized spacial score (nSPS) is 32.8. The summed E-state index contributed by atoms with van der Waals surface area (Å²) in [6.45, 7) is 3.80. The van der Waals surface area contributed by atoms with E-state index in [-0.39, 0.29) is 11.2 Å². The van der Waals surface area contributed by atoms with Gasteiger partial charge in [0.05, 0.1) is 20.3 Å². The summed E-state index contributed by atoms with van der Waals surface area (Å²) in [5, 5.41) is 0. The third-order valence-corrected chi connectivity index (χ3v) is 5.49. The molecule has 0 bridgehead atoms. The maximum Gasteiger partial charge on any atom is 0.169 e. The van der Waals surface area contributed by atoms with E-state index in [2.05, 4.69) is 31.2 Å². The molecule has 1 spiro atoms. The molecule has 4 rings (SSSR count). The summed E-state index contributed by atoms with van der Waals surface area (Å²) < 4.78 is 17.4. The van der Waals surface area contributed by atoms with Crippen molar-refractivity contribution >= 4 is 6.08 Å². The maximum absolute atomic E-state index is 5.99. The molecule has 1 saturated carbocycles. The van der Waals surface area contributed by atoms with Gasteiger partial charge in [-0.05, 0) is 35.6 Å². The fraction of sp³-hybridized carbons (Fsp3) is 0.556. The minimum atomic E-state index is -0.364. The van der Waals surface area contributed by atoms with Crippen LogP contribution in [0.2, 0.25) is 0 Å². The van der Waals surface area contributed by atoms with Gasteiger partial charge in [0.25, 0.3) is 0 Å². The quantitative estimate of drug-likeness (QED) is 0.790. The first kappa shape index (κ1) is 13.4. The molecule has 112 valence electrons. The Bertz CT molecular complexity index is 586. The van der Waals surface area contributed by atoms with Gasteiger partial charge in [-0.2, -0.15) is 0 Å². The van der Waals surface area contributed by atoms with Crippen molar-refractivity contribution in [3.05, 3.63) is 35.4 Å². The van der Waals surface area contributed by atoms with E-state index in [4.69, 9.17) is 14.2 Å². The summed E-state index contributed by atoms with van der Waals surface area (Å²) in [4.78, 5) is 0. The average Bonchev–Trinajstić information content (AvgIpc) is 2.94. The number of hydrogen-bond donors (Lipinski definition) is 0. The van der Waals surface area contributed by atoms with Crippen molar-refractivity contribution in [1.82, 2.24) is 0 Å². The highest BCUT2D eigenvalue weighted by Crippen LogP contribution is 2.53. The van der Waals surface area contributed by atoms with Crippen LogP contribution in [0.1, 0.15) is 37.3 Å². The maximum atomic E-state index is 5.99. The molecule has 0 amide bonds. The zero-order chi connectivity index (χ0) is 14.5. The molecule has 2 fully saturated rings. The van der Waals surface area contributed by atoms with Gasteiger partial charge in [0.1, 0.15) is 5.75 Å². The van der Waals surface area contributed by atoms with Crippen molar-refractivity contribution in [3.63, 3.8) is 0 Å². The molecule has 1 aliphatic heterocycles. The first-order valence-corrected chi connectivity index (χ1v) is 7.80. The number of allylic oxidation sites excluding steroid dienone is 1. The minimum Gasteiger partial charge on any atom is -0.497 e. The summed E-state index contributed by atoms with van der Waals surface area (Å²) >= 11 is 0. The van der Waals surface area contributed by atoms with Gasteiger partial charge < -0.3 is 14.2 Å². The predicted molar refractivity (Wildman–Crippen MR) is 81.4 cm³/mol. The SMILES string of the molecule is COc1ccc2c(c1)[C@@]1(C)CC3(CC[C@@H]1C=C2)OCCO3. The van der Waals surface area contributed by atoms with Crippen molar-refractivity contribution in [1.29, 1.82) is 0 Å². The number of rotatable bonds is 1. The van der Waals surface area contributed by atoms with E-state index in [9.17, 15) is 0 Å². The smallest absolute Gasteiger partial charge is 0.169 e. The molecule has 21 heavy (non-hydrogen) atoms. The molecular weight excluding hydrogens is 264 g/mol. The molecule has 0 N–H and O–H groups in total. The van der Waals surface area contributed by atoms with Gasteiger partial charge in [-0.15, -0.1) is 0 Å². The van der Waals surface area contributed by atoms with E-state index in [0.717, 1.165) is 38.2 Å². The third kappa shape index (κ3) is 1.95. The number of methoxy groups -OCH3 is 1. The van der Waals surface area contributed by atoms with Crippen LogP contribution in [0.25, 0.3) is 6.08 Å². The lowest BCUT2D eigenvalue weighted by Crippen LogP contribution is -2.48. The molecule has 3 nitrogen and oxygen atoms in total. The molecule has 3 aliphatic rings. The monoisotopic (exact) mass is 286 g/mol. The van der Waals surface area contributed by atoms with E-state index in [1.807, 2.05) is 6.07 Å². The Balaban J connectivity index is 1.79. The highest BCUT2D eigenvalue weighted by atomic mass is 16.7. The number of fused-ring (bicyclic) bond motifs is 3. The molecule has 0 unspecified atom stereocenters. The number of ether oxygens (including phenoxy) is 3. The van der Waals surface area contributed by atoms with Crippen LogP contribution < -0.4 is 4.74 Å². The first-order valence-electron chi connectivity index (χ1n) is 7.80. The van der Waals surface area contributed by atoms with E-state index >= 15 is 0 Å². The molecule has 1 heterocycles. The Kier molecular flexibility index (Phi) is 2.92. The average molecular weight is 286 g/mol. The van der Waals surface area contributed by atoms with E-state index in [1.165, 1.54) is 11.1 Å². The minimum absolute atomic E-state index is 0.0568. The summed E-state index contributed by atoms with van der Waals surface area (Å²) in [5.41, 5.74) is 2.72. The molecule has 1 saturated heterocycles. The molecule has 0 aromatic heterocycles. The zero-order valence-electron chi connectivity index (χ0n) is 12.7. The molecule has 3 heteroatoms. The second kappa shape index (κ2) is 4.59. The molecule has 0 radical (unpaired) electrons. The standard InChI is InChI=1S/C18H22O3/c1-17-12-18(20-9-10-21-18)8-7-14(17)5-3-13-4-6-15(19-2)11-16(13)17/h3-6,11,14H,7-10,12H2,1-2H3/t14-,17-/m0/s1. The third-order valence-electron chi connectivity index (χ3n) is 5.49. The molecule has 2 aliphatic carbocycles. The van der Waals surface area contributed by atoms with Gasteiger partial charge in [0.15, 0.2) is 5.79 Å². The van der Waals surface area contributed by atoms with Crippen molar-refractivity contribution in [3.8, 4) is 5.75 Å². The number of benzene rings is 1. The van der Waals surface area contributed by atoms with Crippen LogP contribution in [0, 0.1) is 5.92 Å². The van der Waals surface area contributed by atoms with Gasteiger partial charge in [-0.3, -0.25) is 0 Å². The Morgan fingerprint density at radius 1 is 1.24 bits per heavy atom. The van der Waals surface area contributed by atoms with Crippen LogP contribution in [0.3, 0.4) is 0 Å². The van der Waals surface area contributed by atoms with Crippen LogP contribution in [0.15, 0.2) is 24.3 Å². The summed E-state index contributed by atoms with van der Waals surface area (Å²) in [7, 11) is 1.73. The lowest BCUT2D eigenvalue weighted by atomic mass is 9.59. The molecule has 2 atom stereocenters. The Hall–Kier alpha value is -1.32. The predicted octanol–water partition coefficient (Wildman–Crippen LogP) is 3.52. The van der Waals surface area contributed by atoms with Crippen LogP contribution in [-0.4, -0.2) is 26.1 Å². The molecule has 1 aromatic rings. The van der Waals surface area contributed by atoms with Gasteiger partial charge in [-0.25, -0.2) is 0 Å². The highest BCUT2D eigenvalue weighted by molar-refractivity contribution is 5.62. The van der Waals surface area contributed by atoms with Crippen LogP contribution >= 0.6 is 0 Å². The first-order chi connectivity index (χ1) is 10.2. The highest BCUT2D eigenvalue weighted by Gasteiger charge is 2.52. The topological polar surface area (TPSA) is 27.7 Å². The lowest BCUT2D eigenvalue weighted by molar-refractivity contribution is -0.195. The van der Waals surface area contributed by atoms with Crippen LogP contribution in [-0.2, 0) is 14.9 Å². The van der Waals surface area contributed by atoms with E-state index < -0.39 is 0 Å². The zero-order valence-corrected chi connectivity index (χ0v) is 12.7. The Morgan fingerprint density at radius 3 is 2.81 bits per heavy atom. The largest absolute Gasteiger partial charge is 0.497 e. The van der Waals surface area contributed by atoms with Crippen LogP contribution in [0.4, 0.5) is 0 Å². The summed E-state index contributed by atoms with van der Waals surface area (Å²) in [6.07, 6.45) is 7.67. The second-order valence-corrected chi connectivity index (χ2v) is 6.66. The second-order valence-electron chi connectivity index (χ2n) is 6.66. The Labute approximate surface area is 125 Å².